The SMILES string of the molecule is C=CC(=O)N(CCc1ccc(F)c(F)c1)Cc1ccc2c(c1)CCC(=O)N2C. The minimum absolute atomic E-state index is 0.0928. The third-order valence-electron chi connectivity index (χ3n) is 5.00. The van der Waals surface area contributed by atoms with Gasteiger partial charge in [-0.3, -0.25) is 9.59 Å². The summed E-state index contributed by atoms with van der Waals surface area (Å²) in [6.45, 7) is 4.27. The summed E-state index contributed by atoms with van der Waals surface area (Å²) in [6, 6.07) is 9.56. The summed E-state index contributed by atoms with van der Waals surface area (Å²) in [5, 5.41) is 0. The monoisotopic (exact) mass is 384 g/mol. The Kier molecular flexibility index (Phi) is 5.87. The summed E-state index contributed by atoms with van der Waals surface area (Å²) in [6.07, 6.45) is 2.80. The average Bonchev–Trinajstić information content (AvgIpc) is 2.70. The van der Waals surface area contributed by atoms with E-state index in [1.54, 1.807) is 16.8 Å². The van der Waals surface area contributed by atoms with E-state index in [0.717, 1.165) is 28.9 Å². The molecule has 3 rings (SSSR count). The van der Waals surface area contributed by atoms with Gasteiger partial charge >= 0.3 is 0 Å². The normalized spacial score (nSPS) is 13.2. The largest absolute Gasteiger partial charge is 0.335 e. The molecule has 0 saturated heterocycles. The van der Waals surface area contributed by atoms with Crippen molar-refractivity contribution >= 4 is 17.5 Å². The number of hydrogen-bond donors (Lipinski definition) is 0. The summed E-state index contributed by atoms with van der Waals surface area (Å²) >= 11 is 0. The second kappa shape index (κ2) is 8.33. The number of benzene rings is 2. The highest BCUT2D eigenvalue weighted by atomic mass is 19.2. The summed E-state index contributed by atoms with van der Waals surface area (Å²) < 4.78 is 26.5. The first-order chi connectivity index (χ1) is 13.4. The Balaban J connectivity index is 1.74. The zero-order valence-corrected chi connectivity index (χ0v) is 15.8. The van der Waals surface area contributed by atoms with E-state index in [9.17, 15) is 18.4 Å². The lowest BCUT2D eigenvalue weighted by molar-refractivity contribution is -0.126. The molecule has 0 saturated carbocycles. The molecule has 0 unspecified atom stereocenters. The standard InChI is InChI=1S/C22H22F2N2O2/c1-3-21(27)26(11-10-15-4-7-18(23)19(24)13-15)14-16-5-8-20-17(12-16)6-9-22(28)25(20)2/h3-5,7-8,12-13H,1,6,9-11,14H2,2H3. The molecule has 6 heteroatoms. The highest BCUT2D eigenvalue weighted by molar-refractivity contribution is 5.95. The molecular weight excluding hydrogens is 362 g/mol. The number of hydrogen-bond acceptors (Lipinski definition) is 2. The van der Waals surface area contributed by atoms with Crippen LogP contribution in [0.25, 0.3) is 0 Å². The number of fused-ring (bicyclic) bond motifs is 1. The van der Waals surface area contributed by atoms with Crippen LogP contribution in [-0.4, -0.2) is 30.3 Å². The molecule has 0 spiro atoms. The molecule has 1 aliphatic rings. The van der Waals surface area contributed by atoms with Crippen molar-refractivity contribution in [3.63, 3.8) is 0 Å². The fraction of sp³-hybridized carbons (Fsp3) is 0.273. The summed E-state index contributed by atoms with van der Waals surface area (Å²) in [4.78, 5) is 27.4. The first-order valence-electron chi connectivity index (χ1n) is 9.12. The van der Waals surface area contributed by atoms with Crippen LogP contribution in [0.1, 0.15) is 23.1 Å². The molecule has 1 heterocycles. The van der Waals surface area contributed by atoms with Gasteiger partial charge in [-0.15, -0.1) is 0 Å². The maximum absolute atomic E-state index is 13.4. The van der Waals surface area contributed by atoms with E-state index in [2.05, 4.69) is 6.58 Å². The second-order valence-electron chi connectivity index (χ2n) is 6.88. The Morgan fingerprint density at radius 2 is 1.89 bits per heavy atom. The molecule has 0 aliphatic carbocycles. The van der Waals surface area contributed by atoms with Gasteiger partial charge < -0.3 is 9.80 Å². The van der Waals surface area contributed by atoms with Gasteiger partial charge in [-0.2, -0.15) is 0 Å². The number of carbonyl (C=O) groups excluding carboxylic acids is 2. The van der Waals surface area contributed by atoms with Gasteiger partial charge in [0, 0.05) is 32.2 Å². The fourth-order valence-corrected chi connectivity index (χ4v) is 3.38. The van der Waals surface area contributed by atoms with Crippen LogP contribution < -0.4 is 4.90 Å². The molecule has 0 N–H and O–H groups in total. The van der Waals surface area contributed by atoms with Crippen molar-refractivity contribution < 1.29 is 18.4 Å². The van der Waals surface area contributed by atoms with Crippen LogP contribution in [0.3, 0.4) is 0 Å². The van der Waals surface area contributed by atoms with Crippen molar-refractivity contribution in [3.8, 4) is 0 Å². The Morgan fingerprint density at radius 1 is 1.14 bits per heavy atom. The average molecular weight is 384 g/mol. The zero-order valence-electron chi connectivity index (χ0n) is 15.8. The van der Waals surface area contributed by atoms with Crippen LogP contribution in [0, 0.1) is 11.6 Å². The van der Waals surface area contributed by atoms with Crippen molar-refractivity contribution in [1.29, 1.82) is 0 Å². The molecule has 0 bridgehead atoms. The van der Waals surface area contributed by atoms with E-state index in [0.29, 0.717) is 37.9 Å². The maximum atomic E-state index is 13.4. The van der Waals surface area contributed by atoms with Gasteiger partial charge in [-0.25, -0.2) is 8.78 Å². The highest BCUT2D eigenvalue weighted by Crippen LogP contribution is 2.28. The second-order valence-corrected chi connectivity index (χ2v) is 6.88. The van der Waals surface area contributed by atoms with Crippen LogP contribution in [0.2, 0.25) is 0 Å². The van der Waals surface area contributed by atoms with Gasteiger partial charge in [0.05, 0.1) is 0 Å². The van der Waals surface area contributed by atoms with Crippen LogP contribution >= 0.6 is 0 Å². The first kappa shape index (κ1) is 19.7. The molecular formula is C22H22F2N2O2. The number of aryl methyl sites for hydroxylation is 1. The van der Waals surface area contributed by atoms with Crippen molar-refractivity contribution in [2.75, 3.05) is 18.5 Å². The molecule has 0 radical (unpaired) electrons. The summed E-state index contributed by atoms with van der Waals surface area (Å²) in [5.74, 6) is -1.92. The van der Waals surface area contributed by atoms with E-state index in [-0.39, 0.29) is 11.8 Å². The third kappa shape index (κ3) is 4.27. The van der Waals surface area contributed by atoms with Crippen LogP contribution in [0.15, 0.2) is 49.1 Å². The fourth-order valence-electron chi connectivity index (χ4n) is 3.38. The molecule has 0 aromatic heterocycles. The van der Waals surface area contributed by atoms with E-state index in [1.807, 2.05) is 18.2 Å². The molecule has 2 amide bonds. The third-order valence-corrected chi connectivity index (χ3v) is 5.00. The Labute approximate surface area is 163 Å². The Bertz CT molecular complexity index is 927. The Hall–Kier alpha value is -3.02. The molecule has 0 atom stereocenters. The molecule has 146 valence electrons. The van der Waals surface area contributed by atoms with Crippen molar-refractivity contribution in [2.45, 2.75) is 25.8 Å². The number of carbonyl (C=O) groups is 2. The van der Waals surface area contributed by atoms with Crippen LogP contribution in [-0.2, 0) is 29.0 Å². The highest BCUT2D eigenvalue weighted by Gasteiger charge is 2.21. The van der Waals surface area contributed by atoms with Crippen molar-refractivity contribution in [1.82, 2.24) is 4.90 Å². The lowest BCUT2D eigenvalue weighted by Gasteiger charge is -2.27. The Morgan fingerprint density at radius 3 is 2.61 bits per heavy atom. The maximum Gasteiger partial charge on any atom is 0.246 e. The molecule has 4 nitrogen and oxygen atoms in total. The van der Waals surface area contributed by atoms with E-state index in [1.165, 1.54) is 12.1 Å². The molecule has 0 fully saturated rings. The predicted molar refractivity (Wildman–Crippen MR) is 104 cm³/mol. The first-order valence-corrected chi connectivity index (χ1v) is 9.12. The number of rotatable bonds is 6. The predicted octanol–water partition coefficient (Wildman–Crippen LogP) is 3.63. The minimum Gasteiger partial charge on any atom is -0.335 e. The van der Waals surface area contributed by atoms with Crippen LogP contribution in [0.5, 0.6) is 0 Å². The lowest BCUT2D eigenvalue weighted by atomic mass is 9.99. The van der Waals surface area contributed by atoms with Crippen molar-refractivity contribution in [2.24, 2.45) is 0 Å². The van der Waals surface area contributed by atoms with E-state index in [4.69, 9.17) is 0 Å². The minimum atomic E-state index is -0.896. The van der Waals surface area contributed by atoms with Gasteiger partial charge in [0.2, 0.25) is 11.8 Å². The van der Waals surface area contributed by atoms with Gasteiger partial charge in [-0.05, 0) is 53.8 Å². The zero-order chi connectivity index (χ0) is 20.3. The van der Waals surface area contributed by atoms with E-state index < -0.39 is 11.6 Å². The number of amides is 2. The van der Waals surface area contributed by atoms with Gasteiger partial charge in [0.15, 0.2) is 11.6 Å². The quantitative estimate of drug-likeness (QED) is 0.714. The summed E-state index contributed by atoms with van der Waals surface area (Å²) in [5.41, 5.74) is 3.53. The van der Waals surface area contributed by atoms with Gasteiger partial charge in [0.25, 0.3) is 0 Å². The van der Waals surface area contributed by atoms with E-state index >= 15 is 0 Å². The van der Waals surface area contributed by atoms with Gasteiger partial charge in [0.1, 0.15) is 0 Å². The van der Waals surface area contributed by atoms with Crippen molar-refractivity contribution in [3.05, 3.63) is 77.4 Å². The lowest BCUT2D eigenvalue weighted by Crippen LogP contribution is -2.32. The van der Waals surface area contributed by atoms with Gasteiger partial charge in [-0.1, -0.05) is 24.8 Å². The molecule has 2 aromatic carbocycles. The molecule has 1 aliphatic heterocycles. The number of halogens is 2. The topological polar surface area (TPSA) is 40.6 Å². The molecule has 28 heavy (non-hydrogen) atoms. The smallest absolute Gasteiger partial charge is 0.246 e. The van der Waals surface area contributed by atoms with Crippen LogP contribution in [0.4, 0.5) is 14.5 Å². The summed E-state index contributed by atoms with van der Waals surface area (Å²) in [7, 11) is 1.76. The number of anilines is 1. The number of nitrogens with zero attached hydrogens (tertiary/aromatic N) is 2. The molecule has 2 aromatic rings.